The predicted molar refractivity (Wildman–Crippen MR) is 36.2 cm³/mol. The highest BCUT2D eigenvalue weighted by Gasteiger charge is 2.22. The van der Waals surface area contributed by atoms with Gasteiger partial charge in [0.1, 0.15) is 0 Å². The van der Waals surface area contributed by atoms with Crippen LogP contribution in [0.2, 0.25) is 0 Å². The molecule has 2 nitrogen and oxygen atoms in total. The van der Waals surface area contributed by atoms with Crippen LogP contribution in [-0.4, -0.2) is 11.1 Å². The molecule has 0 bridgehead atoms. The highest BCUT2D eigenvalue weighted by Crippen LogP contribution is 2.20. The van der Waals surface area contributed by atoms with Crippen LogP contribution in [0.3, 0.4) is 0 Å². The molecule has 1 aliphatic heterocycles. The van der Waals surface area contributed by atoms with Crippen LogP contribution >= 0.6 is 0 Å². The van der Waals surface area contributed by atoms with Gasteiger partial charge in [-0.25, -0.2) is 0 Å². The maximum atomic E-state index is 3.25. The summed E-state index contributed by atoms with van der Waals surface area (Å²) in [5.74, 6) is 0. The van der Waals surface area contributed by atoms with E-state index in [1.807, 2.05) is 7.05 Å². The molecule has 1 fully saturated rings. The first kappa shape index (κ1) is 5.06. The van der Waals surface area contributed by atoms with Crippen molar-refractivity contribution >= 4 is 0 Å². The van der Waals surface area contributed by atoms with E-state index in [0.29, 0.717) is 6.04 Å². The van der Waals surface area contributed by atoms with Gasteiger partial charge in [0.15, 0.2) is 0 Å². The van der Waals surface area contributed by atoms with Crippen molar-refractivity contribution in [2.45, 2.75) is 6.04 Å². The smallest absolute Gasteiger partial charge is 0.0462 e. The van der Waals surface area contributed by atoms with E-state index in [1.165, 1.54) is 5.56 Å². The molecule has 0 spiro atoms. The first-order valence-electron chi connectivity index (χ1n) is 3.21. The molecule has 0 amide bonds. The number of nitrogens with one attached hydrogen (secondary N) is 1. The third-order valence-corrected chi connectivity index (χ3v) is 1.67. The van der Waals surface area contributed by atoms with Crippen molar-refractivity contribution < 1.29 is 0 Å². The fourth-order valence-electron chi connectivity index (χ4n) is 1.03. The molecule has 1 aromatic heterocycles. The monoisotopic (exact) mass is 122 g/mol. The molecule has 1 unspecified atom stereocenters. The zero-order valence-corrected chi connectivity index (χ0v) is 5.46. The molecule has 0 radical (unpaired) electrons. The van der Waals surface area contributed by atoms with E-state index >= 15 is 0 Å². The highest BCUT2D eigenvalue weighted by atomic mass is 15.1. The molecule has 0 saturated carbocycles. The normalized spacial score (nSPS) is 24.3. The number of aromatic nitrogens is 1. The van der Waals surface area contributed by atoms with Gasteiger partial charge in [0.2, 0.25) is 0 Å². The Kier molecular flexibility index (Phi) is 0.904. The molecule has 0 aromatic carbocycles. The topological polar surface area (TPSA) is 26.9 Å². The van der Waals surface area contributed by atoms with Crippen molar-refractivity contribution in [1.82, 2.24) is 9.88 Å². The molecule has 1 atom stereocenters. The Morgan fingerprint density at radius 3 is 3.00 bits per heavy atom. The molecule has 2 heterocycles. The van der Waals surface area contributed by atoms with Gasteiger partial charge in [-0.15, -0.1) is 0 Å². The summed E-state index contributed by atoms with van der Waals surface area (Å²) in [6.45, 7) is 1.16. The molecule has 1 aromatic rings. The van der Waals surface area contributed by atoms with Crippen LogP contribution in [0.4, 0.5) is 0 Å². The van der Waals surface area contributed by atoms with Gasteiger partial charge >= 0.3 is 0 Å². The van der Waals surface area contributed by atoms with E-state index in [-0.39, 0.29) is 0 Å². The summed E-state index contributed by atoms with van der Waals surface area (Å²) in [6, 6.07) is 2.82. The van der Waals surface area contributed by atoms with Gasteiger partial charge in [-0.05, 0) is 11.6 Å². The maximum Gasteiger partial charge on any atom is 0.0462 e. The fourth-order valence-corrected chi connectivity index (χ4v) is 1.03. The second-order valence-electron chi connectivity index (χ2n) is 2.57. The van der Waals surface area contributed by atoms with Crippen LogP contribution in [-0.2, 0) is 7.05 Å². The van der Waals surface area contributed by atoms with Crippen LogP contribution in [0.5, 0.6) is 0 Å². The van der Waals surface area contributed by atoms with E-state index in [9.17, 15) is 0 Å². The van der Waals surface area contributed by atoms with Gasteiger partial charge in [0, 0.05) is 32.0 Å². The van der Waals surface area contributed by atoms with E-state index in [0.717, 1.165) is 6.54 Å². The Hall–Kier alpha value is -0.760. The lowest BCUT2D eigenvalue weighted by Gasteiger charge is -1.85. The summed E-state index contributed by atoms with van der Waals surface area (Å²) < 4.78 is 2.08. The van der Waals surface area contributed by atoms with Crippen molar-refractivity contribution in [1.29, 1.82) is 0 Å². The number of nitrogens with zero attached hydrogens (tertiary/aromatic N) is 1. The minimum absolute atomic E-state index is 0.659. The van der Waals surface area contributed by atoms with E-state index < -0.39 is 0 Å². The van der Waals surface area contributed by atoms with Crippen molar-refractivity contribution in [2.75, 3.05) is 6.54 Å². The summed E-state index contributed by atoms with van der Waals surface area (Å²) >= 11 is 0. The number of hydrogen-bond donors (Lipinski definition) is 1. The molecule has 1 aliphatic rings. The second-order valence-corrected chi connectivity index (χ2v) is 2.57. The lowest BCUT2D eigenvalue weighted by molar-refractivity contribution is 0.916. The summed E-state index contributed by atoms with van der Waals surface area (Å²) in [5.41, 5.74) is 1.41. The quantitative estimate of drug-likeness (QED) is 0.544. The Labute approximate surface area is 54.5 Å². The first-order valence-corrected chi connectivity index (χ1v) is 3.21. The molecule has 0 aliphatic carbocycles. The van der Waals surface area contributed by atoms with E-state index in [4.69, 9.17) is 0 Å². The third-order valence-electron chi connectivity index (χ3n) is 1.67. The van der Waals surface area contributed by atoms with E-state index in [1.54, 1.807) is 0 Å². The van der Waals surface area contributed by atoms with Gasteiger partial charge in [-0.3, -0.25) is 0 Å². The highest BCUT2D eigenvalue weighted by molar-refractivity contribution is 5.20. The lowest BCUT2D eigenvalue weighted by atomic mass is 10.3. The maximum absolute atomic E-state index is 3.25. The Morgan fingerprint density at radius 2 is 2.56 bits per heavy atom. The summed E-state index contributed by atoms with van der Waals surface area (Å²) in [6.07, 6.45) is 4.24. The minimum Gasteiger partial charge on any atom is -0.357 e. The minimum atomic E-state index is 0.659. The van der Waals surface area contributed by atoms with Crippen LogP contribution in [0, 0.1) is 0 Å². The van der Waals surface area contributed by atoms with Gasteiger partial charge in [0.05, 0.1) is 0 Å². The second kappa shape index (κ2) is 1.61. The largest absolute Gasteiger partial charge is 0.357 e. The summed E-state index contributed by atoms with van der Waals surface area (Å²) in [7, 11) is 2.05. The molecule has 1 saturated heterocycles. The van der Waals surface area contributed by atoms with Gasteiger partial charge in [-0.1, -0.05) is 0 Å². The average molecular weight is 122 g/mol. The lowest BCUT2D eigenvalue weighted by Crippen LogP contribution is -1.81. The zero-order valence-electron chi connectivity index (χ0n) is 5.46. The number of aryl methyl sites for hydroxylation is 1. The summed E-state index contributed by atoms with van der Waals surface area (Å²) in [4.78, 5) is 0. The Balaban J connectivity index is 2.28. The fraction of sp³-hybridized carbons (Fsp3) is 0.429. The Bertz CT molecular complexity index is 210. The summed E-state index contributed by atoms with van der Waals surface area (Å²) in [5, 5.41) is 3.25. The zero-order chi connectivity index (χ0) is 6.27. The van der Waals surface area contributed by atoms with Gasteiger partial charge < -0.3 is 9.88 Å². The Morgan fingerprint density at radius 1 is 1.78 bits per heavy atom. The number of rotatable bonds is 1. The first-order chi connectivity index (χ1) is 4.36. The molecular formula is C7H10N2. The van der Waals surface area contributed by atoms with Crippen molar-refractivity contribution in [3.63, 3.8) is 0 Å². The van der Waals surface area contributed by atoms with Gasteiger partial charge in [0.25, 0.3) is 0 Å². The van der Waals surface area contributed by atoms with Crippen LogP contribution in [0.15, 0.2) is 18.5 Å². The third kappa shape index (κ3) is 0.856. The van der Waals surface area contributed by atoms with Crippen LogP contribution < -0.4 is 5.32 Å². The standard InChI is InChI=1S/C7H10N2/c1-9-3-2-6(5-9)7-4-8-7/h2-3,5,7-8H,4H2,1H3. The average Bonchev–Trinajstić information content (AvgIpc) is 2.58. The van der Waals surface area contributed by atoms with Crippen molar-refractivity contribution in [3.05, 3.63) is 24.0 Å². The van der Waals surface area contributed by atoms with Crippen molar-refractivity contribution in [2.24, 2.45) is 7.05 Å². The van der Waals surface area contributed by atoms with Gasteiger partial charge in [-0.2, -0.15) is 0 Å². The SMILES string of the molecule is Cn1ccc(C2CN2)c1. The predicted octanol–water partition coefficient (Wildman–Crippen LogP) is 0.669. The van der Waals surface area contributed by atoms with Crippen molar-refractivity contribution in [3.8, 4) is 0 Å². The number of hydrogen-bond acceptors (Lipinski definition) is 1. The molecule has 1 N–H and O–H groups in total. The van der Waals surface area contributed by atoms with Crippen LogP contribution in [0.1, 0.15) is 11.6 Å². The molecule has 48 valence electrons. The molecule has 9 heavy (non-hydrogen) atoms. The van der Waals surface area contributed by atoms with E-state index in [2.05, 4.69) is 28.3 Å². The molecule has 2 rings (SSSR count). The molecule has 2 heteroatoms. The molecular weight excluding hydrogens is 112 g/mol. The van der Waals surface area contributed by atoms with Crippen LogP contribution in [0.25, 0.3) is 0 Å².